The number of ether oxygens (including phenoxy) is 1. The first-order valence-corrected chi connectivity index (χ1v) is 5.24. The van der Waals surface area contributed by atoms with Crippen molar-refractivity contribution in [2.45, 2.75) is 5.92 Å². The van der Waals surface area contributed by atoms with E-state index in [2.05, 4.69) is 9.97 Å². The first kappa shape index (κ1) is 12.6. The SMILES string of the molecule is O=C(O)c1cnc(N2CCOCC(F)(F)C2)cn1. The van der Waals surface area contributed by atoms with Gasteiger partial charge in [-0.15, -0.1) is 0 Å². The highest BCUT2D eigenvalue weighted by molar-refractivity contribution is 5.84. The van der Waals surface area contributed by atoms with Crippen LogP contribution in [0.2, 0.25) is 0 Å². The summed E-state index contributed by atoms with van der Waals surface area (Å²) in [5.74, 6) is -3.95. The second-order valence-electron chi connectivity index (χ2n) is 3.90. The van der Waals surface area contributed by atoms with Gasteiger partial charge in [-0.3, -0.25) is 0 Å². The number of carboxylic acids is 1. The van der Waals surface area contributed by atoms with Crippen LogP contribution >= 0.6 is 0 Å². The second kappa shape index (κ2) is 4.81. The first-order valence-electron chi connectivity index (χ1n) is 5.24. The highest BCUT2D eigenvalue weighted by atomic mass is 19.3. The number of hydrogen-bond donors (Lipinski definition) is 1. The van der Waals surface area contributed by atoms with Crippen LogP contribution in [-0.4, -0.2) is 53.3 Å². The van der Waals surface area contributed by atoms with Crippen LogP contribution in [-0.2, 0) is 4.74 Å². The van der Waals surface area contributed by atoms with Crippen molar-refractivity contribution < 1.29 is 23.4 Å². The Morgan fingerprint density at radius 3 is 2.83 bits per heavy atom. The number of nitrogens with zero attached hydrogens (tertiary/aromatic N) is 3. The van der Waals surface area contributed by atoms with Gasteiger partial charge in [0.25, 0.3) is 5.92 Å². The Morgan fingerprint density at radius 1 is 1.44 bits per heavy atom. The van der Waals surface area contributed by atoms with Crippen molar-refractivity contribution in [3.8, 4) is 0 Å². The summed E-state index contributed by atoms with van der Waals surface area (Å²) in [4.78, 5) is 19.4. The molecule has 0 aromatic carbocycles. The maximum atomic E-state index is 13.3. The second-order valence-corrected chi connectivity index (χ2v) is 3.90. The lowest BCUT2D eigenvalue weighted by Gasteiger charge is -2.23. The Hall–Kier alpha value is -1.83. The Balaban J connectivity index is 2.17. The molecule has 1 saturated heterocycles. The van der Waals surface area contributed by atoms with E-state index in [1.807, 2.05) is 0 Å². The van der Waals surface area contributed by atoms with Gasteiger partial charge in [-0.05, 0) is 0 Å². The van der Waals surface area contributed by atoms with Gasteiger partial charge in [0.2, 0.25) is 0 Å². The molecule has 2 rings (SSSR count). The molecule has 0 atom stereocenters. The summed E-state index contributed by atoms with van der Waals surface area (Å²) in [6, 6.07) is 0. The van der Waals surface area contributed by atoms with Gasteiger partial charge < -0.3 is 14.7 Å². The molecule has 1 aromatic heterocycles. The minimum absolute atomic E-state index is 0.165. The zero-order valence-corrected chi connectivity index (χ0v) is 9.34. The van der Waals surface area contributed by atoms with Crippen LogP contribution in [0.15, 0.2) is 12.4 Å². The van der Waals surface area contributed by atoms with E-state index in [9.17, 15) is 13.6 Å². The molecule has 2 heterocycles. The molecule has 1 aliphatic heterocycles. The number of rotatable bonds is 2. The predicted octanol–water partition coefficient (Wildman–Crippen LogP) is 0.647. The summed E-state index contributed by atoms with van der Waals surface area (Å²) in [5, 5.41) is 8.66. The van der Waals surface area contributed by atoms with Crippen LogP contribution in [0.25, 0.3) is 0 Å². The summed E-state index contributed by atoms with van der Waals surface area (Å²) in [6.45, 7) is -0.715. The molecule has 98 valence electrons. The fourth-order valence-corrected chi connectivity index (χ4v) is 1.59. The van der Waals surface area contributed by atoms with E-state index in [4.69, 9.17) is 9.84 Å². The lowest BCUT2D eigenvalue weighted by molar-refractivity contribution is -0.0564. The number of aromatic carboxylic acids is 1. The molecular formula is C10H11F2N3O3. The molecule has 6 nitrogen and oxygen atoms in total. The number of aromatic nitrogens is 2. The monoisotopic (exact) mass is 259 g/mol. The van der Waals surface area contributed by atoms with Crippen molar-refractivity contribution in [2.24, 2.45) is 0 Å². The first-order chi connectivity index (χ1) is 8.48. The summed E-state index contributed by atoms with van der Waals surface area (Å²) in [7, 11) is 0. The van der Waals surface area contributed by atoms with Crippen LogP contribution in [0, 0.1) is 0 Å². The topological polar surface area (TPSA) is 75.5 Å². The van der Waals surface area contributed by atoms with E-state index >= 15 is 0 Å². The third kappa shape index (κ3) is 2.89. The van der Waals surface area contributed by atoms with Crippen LogP contribution in [0.3, 0.4) is 0 Å². The third-order valence-corrected chi connectivity index (χ3v) is 2.42. The van der Waals surface area contributed by atoms with Gasteiger partial charge >= 0.3 is 5.97 Å². The van der Waals surface area contributed by atoms with Crippen molar-refractivity contribution in [1.82, 2.24) is 9.97 Å². The molecule has 1 aliphatic rings. The maximum Gasteiger partial charge on any atom is 0.356 e. The lowest BCUT2D eigenvalue weighted by Crippen LogP contribution is -2.38. The Bertz CT molecular complexity index is 438. The van der Waals surface area contributed by atoms with Crippen LogP contribution in [0.1, 0.15) is 10.5 Å². The normalized spacial score (nSPS) is 19.3. The van der Waals surface area contributed by atoms with Crippen molar-refractivity contribution in [3.05, 3.63) is 18.1 Å². The highest BCUT2D eigenvalue weighted by Crippen LogP contribution is 2.21. The fraction of sp³-hybridized carbons (Fsp3) is 0.500. The molecule has 0 spiro atoms. The van der Waals surface area contributed by atoms with E-state index in [0.29, 0.717) is 0 Å². The van der Waals surface area contributed by atoms with Crippen LogP contribution < -0.4 is 4.90 Å². The van der Waals surface area contributed by atoms with E-state index in [1.54, 1.807) is 0 Å². The van der Waals surface area contributed by atoms with Crippen molar-refractivity contribution in [3.63, 3.8) is 0 Å². The Labute approximate surface area is 101 Å². The zero-order chi connectivity index (χ0) is 13.2. The van der Waals surface area contributed by atoms with Gasteiger partial charge in [0, 0.05) is 6.54 Å². The molecule has 8 heteroatoms. The minimum atomic E-state index is -2.95. The van der Waals surface area contributed by atoms with Gasteiger partial charge in [-0.1, -0.05) is 0 Å². The number of carboxylic acid groups (broad SMARTS) is 1. The van der Waals surface area contributed by atoms with Gasteiger partial charge in [-0.25, -0.2) is 23.5 Å². The standard InChI is InChI=1S/C10H11F2N3O3/c11-10(12)5-15(1-2-18-6-10)8-4-13-7(3-14-8)9(16)17/h3-4H,1-2,5-6H2,(H,16,17). The van der Waals surface area contributed by atoms with Crippen molar-refractivity contribution in [2.75, 3.05) is 31.2 Å². The molecule has 0 saturated carbocycles. The molecule has 0 unspecified atom stereocenters. The van der Waals surface area contributed by atoms with E-state index in [1.165, 1.54) is 11.1 Å². The molecule has 0 radical (unpaired) electrons. The van der Waals surface area contributed by atoms with Crippen LogP contribution in [0.5, 0.6) is 0 Å². The molecule has 1 fully saturated rings. The van der Waals surface area contributed by atoms with Gasteiger partial charge in [0.05, 0.1) is 25.5 Å². The highest BCUT2D eigenvalue weighted by Gasteiger charge is 2.35. The molecule has 0 aliphatic carbocycles. The minimum Gasteiger partial charge on any atom is -0.476 e. The molecule has 0 bridgehead atoms. The molecular weight excluding hydrogens is 248 g/mol. The number of hydrogen-bond acceptors (Lipinski definition) is 5. The summed E-state index contributed by atoms with van der Waals surface area (Å²) >= 11 is 0. The summed E-state index contributed by atoms with van der Waals surface area (Å²) < 4.78 is 31.4. The number of alkyl halides is 2. The average Bonchev–Trinajstić information content (AvgIpc) is 2.50. The lowest BCUT2D eigenvalue weighted by atomic mass is 10.3. The summed E-state index contributed by atoms with van der Waals surface area (Å²) in [6.07, 6.45) is 2.21. The Morgan fingerprint density at radius 2 is 2.22 bits per heavy atom. The fourth-order valence-electron chi connectivity index (χ4n) is 1.59. The quantitative estimate of drug-likeness (QED) is 0.840. The zero-order valence-electron chi connectivity index (χ0n) is 9.34. The number of anilines is 1. The molecule has 18 heavy (non-hydrogen) atoms. The van der Waals surface area contributed by atoms with Gasteiger partial charge in [0.15, 0.2) is 5.69 Å². The van der Waals surface area contributed by atoms with E-state index in [-0.39, 0.29) is 24.7 Å². The Kier molecular flexibility index (Phi) is 3.37. The number of halogens is 2. The van der Waals surface area contributed by atoms with Crippen LogP contribution in [0.4, 0.5) is 14.6 Å². The molecule has 1 aromatic rings. The molecule has 0 amide bonds. The average molecular weight is 259 g/mol. The van der Waals surface area contributed by atoms with Gasteiger partial charge in [0.1, 0.15) is 12.4 Å². The van der Waals surface area contributed by atoms with E-state index < -0.39 is 25.0 Å². The third-order valence-electron chi connectivity index (χ3n) is 2.42. The van der Waals surface area contributed by atoms with E-state index in [0.717, 1.165) is 6.20 Å². The smallest absolute Gasteiger partial charge is 0.356 e. The number of carbonyl (C=O) groups is 1. The predicted molar refractivity (Wildman–Crippen MR) is 57.0 cm³/mol. The molecule has 1 N–H and O–H groups in total. The van der Waals surface area contributed by atoms with Crippen molar-refractivity contribution >= 4 is 11.8 Å². The largest absolute Gasteiger partial charge is 0.476 e. The van der Waals surface area contributed by atoms with Crippen molar-refractivity contribution in [1.29, 1.82) is 0 Å². The van der Waals surface area contributed by atoms with Gasteiger partial charge in [-0.2, -0.15) is 0 Å². The maximum absolute atomic E-state index is 13.3. The summed E-state index contributed by atoms with van der Waals surface area (Å²) in [5.41, 5.74) is -0.225.